The van der Waals surface area contributed by atoms with Crippen molar-refractivity contribution in [2.24, 2.45) is 0 Å². The summed E-state index contributed by atoms with van der Waals surface area (Å²) >= 11 is 0. The molecule has 0 spiro atoms. The van der Waals surface area contributed by atoms with E-state index >= 15 is 0 Å². The van der Waals surface area contributed by atoms with Crippen molar-refractivity contribution in [2.45, 2.75) is 0 Å². The molecule has 0 aliphatic heterocycles. The highest BCUT2D eigenvalue weighted by atomic mass is 16.3. The van der Waals surface area contributed by atoms with Crippen LogP contribution in [0.2, 0.25) is 0 Å². The third-order valence-electron chi connectivity index (χ3n) is 11.1. The lowest BCUT2D eigenvalue weighted by atomic mass is 9.97. The smallest absolute Gasteiger partial charge is 0.164 e. The highest BCUT2D eigenvalue weighted by Crippen LogP contribution is 2.41. The van der Waals surface area contributed by atoms with Crippen molar-refractivity contribution in [1.82, 2.24) is 15.0 Å². The molecule has 0 saturated heterocycles. The van der Waals surface area contributed by atoms with Gasteiger partial charge in [0.25, 0.3) is 0 Å². The molecule has 0 unspecified atom stereocenters. The average molecular weight is 774 g/mol. The zero-order valence-electron chi connectivity index (χ0n) is 37.7. The van der Waals surface area contributed by atoms with Gasteiger partial charge in [0.1, 0.15) is 22.3 Å². The van der Waals surface area contributed by atoms with Gasteiger partial charge in [0.15, 0.2) is 17.5 Å². The molecule has 0 radical (unpaired) electrons. The van der Waals surface area contributed by atoms with Gasteiger partial charge >= 0.3 is 0 Å². The molecule has 60 heavy (non-hydrogen) atoms. The Hall–Kier alpha value is -8.15. The Morgan fingerprint density at radius 3 is 1.73 bits per heavy atom. The maximum absolute atomic E-state index is 9.26. The maximum atomic E-state index is 9.26. The third-order valence-corrected chi connectivity index (χ3v) is 11.1. The number of benzene rings is 9. The Kier molecular flexibility index (Phi) is 6.48. The molecule has 3 aromatic heterocycles. The van der Waals surface area contributed by atoms with Gasteiger partial charge in [-0.2, -0.15) is 0 Å². The summed E-state index contributed by atoms with van der Waals surface area (Å²) in [6.07, 6.45) is 0. The van der Waals surface area contributed by atoms with Crippen LogP contribution in [0, 0.1) is 0 Å². The molecular formula is C55H33N3O2. The summed E-state index contributed by atoms with van der Waals surface area (Å²) in [5, 5.41) is 3.24. The van der Waals surface area contributed by atoms with E-state index in [0.717, 1.165) is 49.7 Å². The zero-order valence-corrected chi connectivity index (χ0v) is 31.7. The molecule has 0 aliphatic carbocycles. The fraction of sp³-hybridized carbons (Fsp3) is 0. The Morgan fingerprint density at radius 2 is 0.983 bits per heavy atom. The first-order valence-electron chi connectivity index (χ1n) is 22.6. The van der Waals surface area contributed by atoms with Crippen LogP contribution in [0.15, 0.2) is 209 Å². The van der Waals surface area contributed by atoms with Crippen LogP contribution in [0.3, 0.4) is 0 Å². The van der Waals surface area contributed by atoms with Crippen molar-refractivity contribution in [3.05, 3.63) is 200 Å². The lowest BCUT2D eigenvalue weighted by Gasteiger charge is -2.11. The highest BCUT2D eigenvalue weighted by Gasteiger charge is 2.18. The molecule has 0 amide bonds. The molecule has 0 atom stereocenters. The SMILES string of the molecule is [2H]c1cc2oc3c4ccc([2H])c([2H])c4c([2H])c([2H])c3c2c(-c2cccc(-c3nc(-c4cccc(-c5ccccc5)c4)nc(-c4ccc5c(c4)oc4ccc(-c6ccccc6)cc45)n3)c2)c1[2H]. The summed E-state index contributed by atoms with van der Waals surface area (Å²) in [4.78, 5) is 15.3. The van der Waals surface area contributed by atoms with Crippen LogP contribution in [0.5, 0.6) is 0 Å². The minimum Gasteiger partial charge on any atom is -0.456 e. The van der Waals surface area contributed by atoms with Crippen molar-refractivity contribution in [1.29, 1.82) is 0 Å². The fourth-order valence-corrected chi connectivity index (χ4v) is 8.13. The normalized spacial score (nSPS) is 13.1. The number of furan rings is 2. The first kappa shape index (κ1) is 28.3. The van der Waals surface area contributed by atoms with E-state index in [0.29, 0.717) is 55.9 Å². The highest BCUT2D eigenvalue weighted by molar-refractivity contribution is 6.19. The molecule has 0 saturated carbocycles. The lowest BCUT2D eigenvalue weighted by Crippen LogP contribution is -2.00. The van der Waals surface area contributed by atoms with Crippen LogP contribution in [-0.2, 0) is 0 Å². The minimum atomic E-state index is -0.208. The van der Waals surface area contributed by atoms with Crippen LogP contribution in [-0.4, -0.2) is 15.0 Å². The molecule has 0 N–H and O–H groups in total. The Morgan fingerprint density at radius 1 is 0.350 bits per heavy atom. The average Bonchev–Trinajstić information content (AvgIpc) is 3.92. The van der Waals surface area contributed by atoms with E-state index in [1.54, 1.807) is 6.07 Å². The second-order valence-electron chi connectivity index (χ2n) is 14.7. The Balaban J connectivity index is 1.04. The largest absolute Gasteiger partial charge is 0.456 e. The standard InChI is InChI=1S/C55H33N3O2/c1-3-12-34(13-4-1)37-17-9-19-40(30-37)53-56-54(58-55(57-53)42-25-27-45-47-32-38(35-14-5-2-6-15-35)26-29-48(47)59-50(45)33-42)41-20-10-18-39(31-41)43-22-11-23-49-51(43)46-28-24-36-16-7-8-21-44(36)52(46)60-49/h1-33H/i7D,11D,16D,22D,24D,28D. The molecule has 280 valence electrons. The lowest BCUT2D eigenvalue weighted by molar-refractivity contribution is 0.669. The topological polar surface area (TPSA) is 65.0 Å². The monoisotopic (exact) mass is 773 g/mol. The summed E-state index contributed by atoms with van der Waals surface area (Å²) in [7, 11) is 0. The van der Waals surface area contributed by atoms with Gasteiger partial charge in [-0.25, -0.2) is 15.0 Å². The third kappa shape index (κ3) is 5.75. The van der Waals surface area contributed by atoms with Crippen LogP contribution in [0.25, 0.3) is 122 Å². The summed E-state index contributed by atoms with van der Waals surface area (Å²) < 4.78 is 65.8. The van der Waals surface area contributed by atoms with Crippen LogP contribution >= 0.6 is 0 Å². The van der Waals surface area contributed by atoms with E-state index in [9.17, 15) is 2.74 Å². The molecule has 0 fully saturated rings. The van der Waals surface area contributed by atoms with E-state index in [4.69, 9.17) is 29.3 Å². The van der Waals surface area contributed by atoms with E-state index in [1.165, 1.54) is 12.1 Å². The molecule has 0 aliphatic rings. The van der Waals surface area contributed by atoms with Crippen molar-refractivity contribution < 1.29 is 17.1 Å². The molecule has 5 heteroatoms. The number of hydrogen-bond donors (Lipinski definition) is 0. The van der Waals surface area contributed by atoms with E-state index in [2.05, 4.69) is 48.5 Å². The van der Waals surface area contributed by atoms with Crippen molar-refractivity contribution >= 4 is 54.6 Å². The quantitative estimate of drug-likeness (QED) is 0.168. The van der Waals surface area contributed by atoms with Crippen LogP contribution < -0.4 is 0 Å². The number of fused-ring (bicyclic) bond motifs is 8. The molecular weight excluding hydrogens is 735 g/mol. The summed E-state index contributed by atoms with van der Waals surface area (Å²) in [5.41, 5.74) is 9.30. The number of rotatable bonds is 6. The first-order chi connectivity index (χ1) is 32.2. The van der Waals surface area contributed by atoms with E-state index in [-0.39, 0.29) is 52.8 Å². The van der Waals surface area contributed by atoms with Gasteiger partial charge in [-0.1, -0.05) is 152 Å². The van der Waals surface area contributed by atoms with Gasteiger partial charge < -0.3 is 8.83 Å². The minimum absolute atomic E-state index is 0.0634. The fourth-order valence-electron chi connectivity index (χ4n) is 8.13. The van der Waals surface area contributed by atoms with Crippen molar-refractivity contribution in [3.8, 4) is 67.5 Å². The van der Waals surface area contributed by atoms with Crippen molar-refractivity contribution in [3.63, 3.8) is 0 Å². The number of nitrogens with zero attached hydrogens (tertiary/aromatic N) is 3. The predicted molar refractivity (Wildman–Crippen MR) is 245 cm³/mol. The van der Waals surface area contributed by atoms with Crippen LogP contribution in [0.1, 0.15) is 8.22 Å². The van der Waals surface area contributed by atoms with Gasteiger partial charge in [0.05, 0.1) is 8.22 Å². The van der Waals surface area contributed by atoms with Crippen molar-refractivity contribution in [2.75, 3.05) is 0 Å². The first-order valence-corrected chi connectivity index (χ1v) is 19.6. The Bertz CT molecular complexity index is 3960. The van der Waals surface area contributed by atoms with Gasteiger partial charge in [0, 0.05) is 43.6 Å². The number of hydrogen-bond acceptors (Lipinski definition) is 5. The molecule has 12 rings (SSSR count). The molecule has 9 aromatic carbocycles. The second-order valence-corrected chi connectivity index (χ2v) is 14.7. The van der Waals surface area contributed by atoms with Gasteiger partial charge in [-0.05, 0) is 87.3 Å². The van der Waals surface area contributed by atoms with Gasteiger partial charge in [-0.15, -0.1) is 0 Å². The molecule has 5 nitrogen and oxygen atoms in total. The summed E-state index contributed by atoms with van der Waals surface area (Å²) in [6, 6.07) is 51.8. The van der Waals surface area contributed by atoms with Gasteiger partial charge in [0.2, 0.25) is 0 Å². The zero-order chi connectivity index (χ0) is 44.8. The molecule has 3 heterocycles. The van der Waals surface area contributed by atoms with Crippen LogP contribution in [0.4, 0.5) is 0 Å². The second kappa shape index (κ2) is 13.8. The molecule has 0 bridgehead atoms. The van der Waals surface area contributed by atoms with Gasteiger partial charge in [-0.3, -0.25) is 0 Å². The molecule has 12 aromatic rings. The predicted octanol–water partition coefficient (Wildman–Crippen LogP) is 14.8. The maximum Gasteiger partial charge on any atom is 0.164 e. The summed E-state index contributed by atoms with van der Waals surface area (Å²) in [5.74, 6) is 1.25. The Labute approximate surface area is 353 Å². The number of aromatic nitrogens is 3. The van der Waals surface area contributed by atoms with E-state index in [1.807, 2.05) is 97.1 Å². The summed E-state index contributed by atoms with van der Waals surface area (Å²) in [6.45, 7) is 0. The van der Waals surface area contributed by atoms with E-state index < -0.39 is 0 Å².